The van der Waals surface area contributed by atoms with Crippen LogP contribution in [0.3, 0.4) is 0 Å². The maximum Gasteiger partial charge on any atom is 0.225 e. The Morgan fingerprint density at radius 2 is 1.73 bits per heavy atom. The van der Waals surface area contributed by atoms with E-state index in [1.165, 1.54) is 0 Å². The normalized spacial score (nSPS) is 23.8. The number of sulfone groups is 1. The molecule has 0 saturated carbocycles. The summed E-state index contributed by atoms with van der Waals surface area (Å²) < 4.78 is 23.3. The highest BCUT2D eigenvalue weighted by Crippen LogP contribution is 2.17. The summed E-state index contributed by atoms with van der Waals surface area (Å²) in [6, 6.07) is 0. The van der Waals surface area contributed by atoms with Crippen molar-refractivity contribution < 1.29 is 13.2 Å². The number of hydrogen-bond donors (Lipinski definition) is 1. The molecule has 0 bridgehead atoms. The maximum atomic E-state index is 12.2. The van der Waals surface area contributed by atoms with Crippen molar-refractivity contribution in [3.63, 3.8) is 0 Å². The fourth-order valence-corrected chi connectivity index (χ4v) is 5.17. The molecule has 7 nitrogen and oxygen atoms in total. The number of aliphatic imine (C=N–C) groups is 1. The van der Waals surface area contributed by atoms with Gasteiger partial charge in [0.2, 0.25) is 5.91 Å². The molecule has 1 atom stereocenters. The standard InChI is InChI=1S/C18H34N4O3S/c1-14(2)11-19-18(20-12-16-5-10-26(24,25)13-16)22-8-6-21(7-9-22)17(23)15(3)4/h14-16H,5-13H2,1-4H3,(H,19,20). The smallest absolute Gasteiger partial charge is 0.225 e. The number of carbonyl (C=O) groups excluding carboxylic acids is 1. The van der Waals surface area contributed by atoms with Gasteiger partial charge in [0.15, 0.2) is 15.8 Å². The van der Waals surface area contributed by atoms with Crippen LogP contribution in [0.1, 0.15) is 34.1 Å². The van der Waals surface area contributed by atoms with E-state index in [9.17, 15) is 13.2 Å². The lowest BCUT2D eigenvalue weighted by Crippen LogP contribution is -2.55. The molecule has 0 aromatic carbocycles. The molecular weight excluding hydrogens is 352 g/mol. The average molecular weight is 387 g/mol. The van der Waals surface area contributed by atoms with Crippen LogP contribution in [-0.2, 0) is 14.6 Å². The highest BCUT2D eigenvalue weighted by Gasteiger charge is 2.29. The number of piperazine rings is 1. The first-order chi connectivity index (χ1) is 12.2. The van der Waals surface area contributed by atoms with Crippen LogP contribution >= 0.6 is 0 Å². The first-order valence-electron chi connectivity index (χ1n) is 9.70. The second-order valence-electron chi connectivity index (χ2n) is 8.18. The van der Waals surface area contributed by atoms with E-state index in [0.717, 1.165) is 32.0 Å². The molecule has 1 unspecified atom stereocenters. The van der Waals surface area contributed by atoms with Gasteiger partial charge in [0.25, 0.3) is 0 Å². The maximum absolute atomic E-state index is 12.2. The Hall–Kier alpha value is -1.31. The molecule has 0 aliphatic carbocycles. The summed E-state index contributed by atoms with van der Waals surface area (Å²) in [5.41, 5.74) is 0. The molecule has 0 spiro atoms. The van der Waals surface area contributed by atoms with Gasteiger partial charge in [0.1, 0.15) is 0 Å². The fraction of sp³-hybridized carbons (Fsp3) is 0.889. The fourth-order valence-electron chi connectivity index (χ4n) is 3.31. The van der Waals surface area contributed by atoms with Gasteiger partial charge in [-0.3, -0.25) is 9.79 Å². The molecule has 2 fully saturated rings. The van der Waals surface area contributed by atoms with Crippen molar-refractivity contribution in [2.75, 3.05) is 50.8 Å². The lowest BCUT2D eigenvalue weighted by Gasteiger charge is -2.37. The number of nitrogens with zero attached hydrogens (tertiary/aromatic N) is 3. The van der Waals surface area contributed by atoms with Crippen molar-refractivity contribution in [2.45, 2.75) is 34.1 Å². The van der Waals surface area contributed by atoms with Gasteiger partial charge in [0, 0.05) is 45.2 Å². The number of amides is 1. The van der Waals surface area contributed by atoms with Crippen molar-refractivity contribution >= 4 is 21.7 Å². The molecule has 1 N–H and O–H groups in total. The van der Waals surface area contributed by atoms with E-state index in [4.69, 9.17) is 4.99 Å². The SMILES string of the molecule is CC(C)CN=C(NCC1CCS(=O)(=O)C1)N1CCN(C(=O)C(C)C)CC1. The molecule has 0 aromatic rings. The number of carbonyl (C=O) groups is 1. The van der Waals surface area contributed by atoms with Gasteiger partial charge < -0.3 is 15.1 Å². The predicted molar refractivity (Wildman–Crippen MR) is 105 cm³/mol. The van der Waals surface area contributed by atoms with Crippen LogP contribution in [0.15, 0.2) is 4.99 Å². The minimum atomic E-state index is -2.86. The zero-order chi connectivity index (χ0) is 19.3. The van der Waals surface area contributed by atoms with Gasteiger partial charge in [-0.1, -0.05) is 27.7 Å². The molecule has 8 heteroatoms. The summed E-state index contributed by atoms with van der Waals surface area (Å²) in [4.78, 5) is 21.0. The van der Waals surface area contributed by atoms with E-state index in [2.05, 4.69) is 24.1 Å². The minimum absolute atomic E-state index is 0.0260. The van der Waals surface area contributed by atoms with E-state index in [-0.39, 0.29) is 23.5 Å². The second-order valence-corrected chi connectivity index (χ2v) is 10.4. The number of rotatable bonds is 5. The van der Waals surface area contributed by atoms with Crippen molar-refractivity contribution in [1.82, 2.24) is 15.1 Å². The lowest BCUT2D eigenvalue weighted by molar-refractivity contribution is -0.135. The average Bonchev–Trinajstić information content (AvgIpc) is 2.93. The molecule has 2 aliphatic rings. The third kappa shape index (κ3) is 6.14. The second kappa shape index (κ2) is 9.06. The Bertz CT molecular complexity index is 608. The summed E-state index contributed by atoms with van der Waals surface area (Å²) >= 11 is 0. The zero-order valence-electron chi connectivity index (χ0n) is 16.6. The molecule has 2 rings (SSSR count). The Balaban J connectivity index is 1.93. The molecule has 2 heterocycles. The number of nitrogens with one attached hydrogen (secondary N) is 1. The number of hydrogen-bond acceptors (Lipinski definition) is 4. The van der Waals surface area contributed by atoms with Crippen LogP contribution in [0.4, 0.5) is 0 Å². The topological polar surface area (TPSA) is 82.1 Å². The van der Waals surface area contributed by atoms with Crippen molar-refractivity contribution in [2.24, 2.45) is 22.7 Å². The van der Waals surface area contributed by atoms with Crippen molar-refractivity contribution in [3.05, 3.63) is 0 Å². The van der Waals surface area contributed by atoms with Crippen LogP contribution < -0.4 is 5.32 Å². The largest absolute Gasteiger partial charge is 0.356 e. The summed E-state index contributed by atoms with van der Waals surface area (Å²) in [5.74, 6) is 2.27. The van der Waals surface area contributed by atoms with E-state index < -0.39 is 9.84 Å². The predicted octanol–water partition coefficient (Wildman–Crippen LogP) is 0.823. The molecule has 1 amide bonds. The van der Waals surface area contributed by atoms with Crippen LogP contribution in [0.2, 0.25) is 0 Å². The molecule has 150 valence electrons. The summed E-state index contributed by atoms with van der Waals surface area (Å²) in [7, 11) is -2.86. The van der Waals surface area contributed by atoms with Crippen LogP contribution in [0.25, 0.3) is 0 Å². The Morgan fingerprint density at radius 3 is 2.23 bits per heavy atom. The molecule has 2 aliphatic heterocycles. The zero-order valence-corrected chi connectivity index (χ0v) is 17.4. The highest BCUT2D eigenvalue weighted by molar-refractivity contribution is 7.91. The van der Waals surface area contributed by atoms with Gasteiger partial charge in [-0.25, -0.2) is 8.42 Å². The Labute approximate surface area is 158 Å². The van der Waals surface area contributed by atoms with Gasteiger partial charge in [0.05, 0.1) is 11.5 Å². The third-order valence-corrected chi connectivity index (χ3v) is 6.70. The molecule has 2 saturated heterocycles. The van der Waals surface area contributed by atoms with Crippen molar-refractivity contribution in [1.29, 1.82) is 0 Å². The van der Waals surface area contributed by atoms with E-state index >= 15 is 0 Å². The highest BCUT2D eigenvalue weighted by atomic mass is 32.2. The quantitative estimate of drug-likeness (QED) is 0.559. The Kier molecular flexibility index (Phi) is 7.32. The monoisotopic (exact) mass is 386 g/mol. The van der Waals surface area contributed by atoms with Crippen LogP contribution in [0, 0.1) is 17.8 Å². The molecule has 26 heavy (non-hydrogen) atoms. The summed E-state index contributed by atoms with van der Waals surface area (Å²) in [5, 5.41) is 3.40. The van der Waals surface area contributed by atoms with Crippen molar-refractivity contribution in [3.8, 4) is 0 Å². The van der Waals surface area contributed by atoms with Gasteiger partial charge >= 0.3 is 0 Å². The minimum Gasteiger partial charge on any atom is -0.356 e. The summed E-state index contributed by atoms with van der Waals surface area (Å²) in [6.45, 7) is 12.4. The van der Waals surface area contributed by atoms with Gasteiger partial charge in [-0.2, -0.15) is 0 Å². The summed E-state index contributed by atoms with van der Waals surface area (Å²) in [6.07, 6.45) is 0.726. The third-order valence-electron chi connectivity index (χ3n) is 4.87. The Morgan fingerprint density at radius 1 is 1.12 bits per heavy atom. The van der Waals surface area contributed by atoms with Crippen LogP contribution in [-0.4, -0.2) is 80.9 Å². The lowest BCUT2D eigenvalue weighted by atomic mass is 10.1. The molecule has 0 aromatic heterocycles. The molecule has 0 radical (unpaired) electrons. The van der Waals surface area contributed by atoms with Gasteiger partial charge in [-0.05, 0) is 18.3 Å². The first kappa shape index (κ1) is 21.0. The number of guanidine groups is 1. The molecular formula is C18H34N4O3S. The van der Waals surface area contributed by atoms with E-state index in [0.29, 0.717) is 31.3 Å². The van der Waals surface area contributed by atoms with Gasteiger partial charge in [-0.15, -0.1) is 0 Å². The first-order valence-corrected chi connectivity index (χ1v) is 11.5. The van der Waals surface area contributed by atoms with E-state index in [1.54, 1.807) is 0 Å². The van der Waals surface area contributed by atoms with E-state index in [1.807, 2.05) is 18.7 Å². The van der Waals surface area contributed by atoms with Crippen LogP contribution in [0.5, 0.6) is 0 Å².